The smallest absolute Gasteiger partial charge is 0.224 e. The van der Waals surface area contributed by atoms with Crippen LogP contribution in [0.1, 0.15) is 23.2 Å². The molecular weight excluding hydrogens is 382 g/mol. The molecule has 0 fully saturated rings. The summed E-state index contributed by atoms with van der Waals surface area (Å²) in [7, 11) is 1.66. The van der Waals surface area contributed by atoms with Gasteiger partial charge in [0.25, 0.3) is 0 Å². The lowest BCUT2D eigenvalue weighted by molar-refractivity contribution is -0.116. The number of carbonyl (C=O) groups excluding carboxylic acids is 1. The van der Waals surface area contributed by atoms with Gasteiger partial charge in [0.2, 0.25) is 5.91 Å². The van der Waals surface area contributed by atoms with Crippen LogP contribution in [0.25, 0.3) is 16.2 Å². The first-order valence-corrected chi connectivity index (χ1v) is 10.4. The Hall–Kier alpha value is -3.12. The van der Waals surface area contributed by atoms with Crippen LogP contribution in [-0.4, -0.2) is 22.4 Å². The van der Waals surface area contributed by atoms with E-state index in [0.717, 1.165) is 33.3 Å². The maximum atomic E-state index is 12.4. The fraction of sp³-hybridized carbons (Fsp3) is 0.217. The van der Waals surface area contributed by atoms with Crippen LogP contribution >= 0.6 is 11.3 Å². The summed E-state index contributed by atoms with van der Waals surface area (Å²) in [5.41, 5.74) is 6.29. The summed E-state index contributed by atoms with van der Waals surface area (Å²) >= 11 is 1.59. The number of hydrogen-bond donors (Lipinski definition) is 1. The SMILES string of the molecule is COc1ccc(-c2cn3c(CCC(=O)Nc4ccc(C)c(C)c4)csc3n2)cc1. The third-order valence-electron chi connectivity index (χ3n) is 5.07. The highest BCUT2D eigenvalue weighted by atomic mass is 32.1. The number of imidazole rings is 1. The van der Waals surface area contributed by atoms with Crippen molar-refractivity contribution in [2.45, 2.75) is 26.7 Å². The van der Waals surface area contributed by atoms with Crippen molar-refractivity contribution in [3.63, 3.8) is 0 Å². The molecule has 1 amide bonds. The van der Waals surface area contributed by atoms with E-state index in [9.17, 15) is 4.79 Å². The molecule has 4 aromatic rings. The van der Waals surface area contributed by atoms with Gasteiger partial charge in [0.15, 0.2) is 4.96 Å². The number of thiazole rings is 1. The molecule has 29 heavy (non-hydrogen) atoms. The summed E-state index contributed by atoms with van der Waals surface area (Å²) in [6.45, 7) is 4.11. The number of nitrogens with one attached hydrogen (secondary N) is 1. The van der Waals surface area contributed by atoms with Crippen molar-refractivity contribution >= 4 is 27.9 Å². The molecule has 2 heterocycles. The number of anilines is 1. The van der Waals surface area contributed by atoms with Gasteiger partial charge in [-0.3, -0.25) is 9.20 Å². The maximum absolute atomic E-state index is 12.4. The zero-order valence-electron chi connectivity index (χ0n) is 16.7. The molecule has 2 aromatic carbocycles. The second-order valence-corrected chi connectivity index (χ2v) is 7.92. The van der Waals surface area contributed by atoms with Crippen molar-refractivity contribution < 1.29 is 9.53 Å². The number of aromatic nitrogens is 2. The number of hydrogen-bond acceptors (Lipinski definition) is 4. The molecule has 5 nitrogen and oxygen atoms in total. The summed E-state index contributed by atoms with van der Waals surface area (Å²) < 4.78 is 7.29. The highest BCUT2D eigenvalue weighted by Gasteiger charge is 2.12. The van der Waals surface area contributed by atoms with Gasteiger partial charge in [-0.2, -0.15) is 0 Å². The van der Waals surface area contributed by atoms with Crippen molar-refractivity contribution in [2.75, 3.05) is 12.4 Å². The summed E-state index contributed by atoms with van der Waals surface area (Å²) in [4.78, 5) is 18.0. The van der Waals surface area contributed by atoms with Gasteiger partial charge in [-0.1, -0.05) is 6.07 Å². The highest BCUT2D eigenvalue weighted by Crippen LogP contribution is 2.26. The number of methoxy groups -OCH3 is 1. The normalized spacial score (nSPS) is 11.0. The summed E-state index contributed by atoms with van der Waals surface area (Å²) in [6, 6.07) is 13.8. The fourth-order valence-electron chi connectivity index (χ4n) is 3.19. The van der Waals surface area contributed by atoms with Gasteiger partial charge in [-0.25, -0.2) is 4.98 Å². The molecule has 6 heteroatoms. The molecule has 4 rings (SSSR count). The lowest BCUT2D eigenvalue weighted by Crippen LogP contribution is -2.12. The molecular formula is C23H23N3O2S. The van der Waals surface area contributed by atoms with Crippen LogP contribution in [0.2, 0.25) is 0 Å². The van der Waals surface area contributed by atoms with Crippen molar-refractivity contribution in [3.8, 4) is 17.0 Å². The summed E-state index contributed by atoms with van der Waals surface area (Å²) in [6.07, 6.45) is 3.12. The second kappa shape index (κ2) is 8.09. The summed E-state index contributed by atoms with van der Waals surface area (Å²) in [5.74, 6) is 0.841. The van der Waals surface area contributed by atoms with E-state index in [2.05, 4.69) is 22.0 Å². The van der Waals surface area contributed by atoms with Gasteiger partial charge >= 0.3 is 0 Å². The molecule has 0 radical (unpaired) electrons. The molecule has 148 valence electrons. The Bertz CT molecular complexity index is 1160. The minimum Gasteiger partial charge on any atom is -0.497 e. The predicted octanol–water partition coefficient (Wildman–Crippen LogP) is 5.26. The summed E-state index contributed by atoms with van der Waals surface area (Å²) in [5, 5.41) is 5.06. The monoisotopic (exact) mass is 405 g/mol. The van der Waals surface area contributed by atoms with E-state index in [1.165, 1.54) is 11.1 Å². The molecule has 0 atom stereocenters. The Morgan fingerprint density at radius 2 is 1.93 bits per heavy atom. The second-order valence-electron chi connectivity index (χ2n) is 7.08. The predicted molar refractivity (Wildman–Crippen MR) is 118 cm³/mol. The molecule has 2 aromatic heterocycles. The van der Waals surface area contributed by atoms with E-state index in [4.69, 9.17) is 9.72 Å². The average molecular weight is 406 g/mol. The Kier molecular flexibility index (Phi) is 5.36. The van der Waals surface area contributed by atoms with Crippen LogP contribution in [-0.2, 0) is 11.2 Å². The van der Waals surface area contributed by atoms with E-state index < -0.39 is 0 Å². The largest absolute Gasteiger partial charge is 0.497 e. The van der Waals surface area contributed by atoms with Gasteiger partial charge in [-0.15, -0.1) is 11.3 Å². The third-order valence-corrected chi connectivity index (χ3v) is 5.96. The molecule has 0 saturated carbocycles. The molecule has 1 N–H and O–H groups in total. The zero-order valence-corrected chi connectivity index (χ0v) is 17.5. The molecule has 0 aliphatic carbocycles. The van der Waals surface area contributed by atoms with Gasteiger partial charge < -0.3 is 10.1 Å². The van der Waals surface area contributed by atoms with Gasteiger partial charge in [0.1, 0.15) is 5.75 Å². The minimum absolute atomic E-state index is 0.0168. The number of fused-ring (bicyclic) bond motifs is 1. The van der Waals surface area contributed by atoms with Crippen LogP contribution in [0, 0.1) is 13.8 Å². The first-order valence-electron chi connectivity index (χ1n) is 9.50. The number of rotatable bonds is 6. The topological polar surface area (TPSA) is 55.6 Å². The van der Waals surface area contributed by atoms with Crippen molar-refractivity contribution in [1.82, 2.24) is 9.38 Å². The van der Waals surface area contributed by atoms with E-state index in [1.807, 2.05) is 55.6 Å². The van der Waals surface area contributed by atoms with Gasteiger partial charge in [0.05, 0.1) is 12.8 Å². The van der Waals surface area contributed by atoms with Crippen LogP contribution in [0.5, 0.6) is 5.75 Å². The lowest BCUT2D eigenvalue weighted by atomic mass is 10.1. The van der Waals surface area contributed by atoms with Crippen LogP contribution in [0.3, 0.4) is 0 Å². The minimum atomic E-state index is 0.0168. The molecule has 0 saturated heterocycles. The Balaban J connectivity index is 1.44. The third kappa shape index (κ3) is 4.17. The lowest BCUT2D eigenvalue weighted by Gasteiger charge is -2.07. The Morgan fingerprint density at radius 1 is 1.14 bits per heavy atom. The number of ether oxygens (including phenoxy) is 1. The highest BCUT2D eigenvalue weighted by molar-refractivity contribution is 7.15. The molecule has 0 aliphatic rings. The average Bonchev–Trinajstić information content (AvgIpc) is 3.30. The molecule has 0 unspecified atom stereocenters. The van der Waals surface area contributed by atoms with E-state index in [-0.39, 0.29) is 5.91 Å². The fourth-order valence-corrected chi connectivity index (χ4v) is 4.10. The van der Waals surface area contributed by atoms with Crippen LogP contribution in [0.15, 0.2) is 54.0 Å². The molecule has 0 aliphatic heterocycles. The number of nitrogens with zero attached hydrogens (tertiary/aromatic N) is 2. The number of amides is 1. The maximum Gasteiger partial charge on any atom is 0.224 e. The van der Waals surface area contributed by atoms with Gasteiger partial charge in [-0.05, 0) is 67.8 Å². The van der Waals surface area contributed by atoms with Crippen LogP contribution in [0.4, 0.5) is 5.69 Å². The first-order chi connectivity index (χ1) is 14.0. The van der Waals surface area contributed by atoms with E-state index in [1.54, 1.807) is 18.4 Å². The van der Waals surface area contributed by atoms with E-state index >= 15 is 0 Å². The number of benzene rings is 2. The van der Waals surface area contributed by atoms with Gasteiger partial charge in [0, 0.05) is 34.9 Å². The number of aryl methyl sites for hydroxylation is 3. The molecule has 0 spiro atoms. The Labute approximate surface area is 174 Å². The van der Waals surface area contributed by atoms with Crippen molar-refractivity contribution in [2.24, 2.45) is 0 Å². The quantitative estimate of drug-likeness (QED) is 0.476. The Morgan fingerprint density at radius 3 is 2.66 bits per heavy atom. The molecule has 0 bridgehead atoms. The first kappa shape index (κ1) is 19.2. The number of carbonyl (C=O) groups is 1. The standard InChI is InChI=1S/C23H23N3O2S/c1-15-4-7-18(12-16(15)2)24-22(27)11-8-19-14-29-23-25-21(13-26(19)23)17-5-9-20(28-3)10-6-17/h4-7,9-10,12-14H,8,11H2,1-3H3,(H,24,27). The van der Waals surface area contributed by atoms with Crippen LogP contribution < -0.4 is 10.1 Å². The van der Waals surface area contributed by atoms with E-state index in [0.29, 0.717) is 12.8 Å². The zero-order chi connectivity index (χ0) is 20.4. The van der Waals surface area contributed by atoms with Crippen molar-refractivity contribution in [1.29, 1.82) is 0 Å². The van der Waals surface area contributed by atoms with Crippen molar-refractivity contribution in [3.05, 3.63) is 70.9 Å².